The van der Waals surface area contributed by atoms with E-state index in [0.717, 1.165) is 0 Å². The van der Waals surface area contributed by atoms with Gasteiger partial charge in [-0.15, -0.1) is 0 Å². The molecular formula is C12H26N2O2. The van der Waals surface area contributed by atoms with Gasteiger partial charge in [0.05, 0.1) is 12.5 Å². The van der Waals surface area contributed by atoms with Crippen molar-refractivity contribution in [2.45, 2.75) is 33.7 Å². The normalized spacial score (nSPS) is 13.2. The van der Waals surface area contributed by atoms with Crippen LogP contribution in [0.15, 0.2) is 0 Å². The van der Waals surface area contributed by atoms with Crippen molar-refractivity contribution in [2.24, 2.45) is 17.6 Å². The highest BCUT2D eigenvalue weighted by atomic mass is 16.5. The molecule has 0 aliphatic rings. The highest BCUT2D eigenvalue weighted by Crippen LogP contribution is 2.14. The Balaban J connectivity index is 4.58. The first kappa shape index (κ1) is 15.4. The smallest absolute Gasteiger partial charge is 0.227 e. The van der Waals surface area contributed by atoms with Gasteiger partial charge in [-0.2, -0.15) is 0 Å². The Hall–Kier alpha value is -0.610. The molecule has 0 fully saturated rings. The predicted molar refractivity (Wildman–Crippen MR) is 66.1 cm³/mol. The summed E-state index contributed by atoms with van der Waals surface area (Å²) in [4.78, 5) is 14.1. The molecule has 4 heteroatoms. The molecule has 0 aliphatic carbocycles. The quantitative estimate of drug-likeness (QED) is 0.712. The van der Waals surface area contributed by atoms with Crippen LogP contribution < -0.4 is 5.73 Å². The SMILES string of the molecule is COCCN(C(=O)C(CN)C(C)C)C(C)C. The number of methoxy groups -OCH3 is 1. The molecule has 0 spiro atoms. The molecule has 2 N–H and O–H groups in total. The van der Waals surface area contributed by atoms with Crippen molar-refractivity contribution in [3.63, 3.8) is 0 Å². The molecule has 16 heavy (non-hydrogen) atoms. The summed E-state index contributed by atoms with van der Waals surface area (Å²) >= 11 is 0. The van der Waals surface area contributed by atoms with Crippen LogP contribution in [0.3, 0.4) is 0 Å². The monoisotopic (exact) mass is 230 g/mol. The lowest BCUT2D eigenvalue weighted by Crippen LogP contribution is -2.46. The van der Waals surface area contributed by atoms with E-state index in [1.807, 2.05) is 32.6 Å². The number of hydrogen-bond acceptors (Lipinski definition) is 3. The summed E-state index contributed by atoms with van der Waals surface area (Å²) in [7, 11) is 1.64. The van der Waals surface area contributed by atoms with Gasteiger partial charge in [0.2, 0.25) is 5.91 Å². The third-order valence-electron chi connectivity index (χ3n) is 2.82. The number of carbonyl (C=O) groups is 1. The molecule has 4 nitrogen and oxygen atoms in total. The van der Waals surface area contributed by atoms with Crippen LogP contribution in [0.1, 0.15) is 27.7 Å². The molecule has 1 atom stereocenters. The molecule has 0 bridgehead atoms. The maximum absolute atomic E-state index is 12.3. The van der Waals surface area contributed by atoms with E-state index in [9.17, 15) is 4.79 Å². The number of rotatable bonds is 7. The van der Waals surface area contributed by atoms with Crippen molar-refractivity contribution >= 4 is 5.91 Å². The Morgan fingerprint density at radius 1 is 1.31 bits per heavy atom. The summed E-state index contributed by atoms with van der Waals surface area (Å²) in [5.41, 5.74) is 5.66. The number of nitrogens with zero attached hydrogens (tertiary/aromatic N) is 1. The van der Waals surface area contributed by atoms with Crippen LogP contribution >= 0.6 is 0 Å². The minimum atomic E-state index is -0.0840. The molecule has 0 saturated heterocycles. The van der Waals surface area contributed by atoms with Crippen LogP contribution in [-0.4, -0.2) is 43.7 Å². The predicted octanol–water partition coefficient (Wildman–Crippen LogP) is 1.10. The number of ether oxygens (including phenoxy) is 1. The van der Waals surface area contributed by atoms with E-state index >= 15 is 0 Å². The van der Waals surface area contributed by atoms with Gasteiger partial charge in [-0.3, -0.25) is 4.79 Å². The molecule has 0 rings (SSSR count). The zero-order chi connectivity index (χ0) is 12.7. The van der Waals surface area contributed by atoms with Crippen molar-refractivity contribution in [2.75, 3.05) is 26.8 Å². The fraction of sp³-hybridized carbons (Fsp3) is 0.917. The summed E-state index contributed by atoms with van der Waals surface area (Å²) in [6.07, 6.45) is 0. The van der Waals surface area contributed by atoms with Gasteiger partial charge in [-0.05, 0) is 19.8 Å². The Morgan fingerprint density at radius 2 is 1.88 bits per heavy atom. The number of amides is 1. The molecule has 0 radical (unpaired) electrons. The molecular weight excluding hydrogens is 204 g/mol. The molecule has 0 aliphatic heterocycles. The van der Waals surface area contributed by atoms with E-state index in [1.165, 1.54) is 0 Å². The first-order valence-electron chi connectivity index (χ1n) is 5.95. The lowest BCUT2D eigenvalue weighted by molar-refractivity contribution is -0.139. The highest BCUT2D eigenvalue weighted by Gasteiger charge is 2.27. The van der Waals surface area contributed by atoms with E-state index in [4.69, 9.17) is 10.5 Å². The van der Waals surface area contributed by atoms with Crippen molar-refractivity contribution in [1.29, 1.82) is 0 Å². The molecule has 1 amide bonds. The first-order chi connectivity index (χ1) is 7.45. The summed E-state index contributed by atoms with van der Waals surface area (Å²) in [5, 5.41) is 0. The van der Waals surface area contributed by atoms with Crippen LogP contribution in [0, 0.1) is 11.8 Å². The Morgan fingerprint density at radius 3 is 2.19 bits per heavy atom. The van der Waals surface area contributed by atoms with Gasteiger partial charge in [0.15, 0.2) is 0 Å². The summed E-state index contributed by atoms with van der Waals surface area (Å²) in [5.74, 6) is 0.338. The molecule has 0 aromatic carbocycles. The second-order valence-corrected chi connectivity index (χ2v) is 4.70. The van der Waals surface area contributed by atoms with E-state index in [1.54, 1.807) is 7.11 Å². The minimum absolute atomic E-state index is 0.0840. The molecule has 0 aromatic rings. The minimum Gasteiger partial charge on any atom is -0.383 e. The maximum Gasteiger partial charge on any atom is 0.227 e. The van der Waals surface area contributed by atoms with Crippen molar-refractivity contribution in [1.82, 2.24) is 4.90 Å². The molecule has 0 heterocycles. The van der Waals surface area contributed by atoms with Gasteiger partial charge in [0.25, 0.3) is 0 Å². The third-order valence-corrected chi connectivity index (χ3v) is 2.82. The lowest BCUT2D eigenvalue weighted by Gasteiger charge is -2.31. The van der Waals surface area contributed by atoms with Gasteiger partial charge < -0.3 is 15.4 Å². The third kappa shape index (κ3) is 4.49. The molecule has 0 saturated carbocycles. The van der Waals surface area contributed by atoms with E-state index in [2.05, 4.69) is 0 Å². The summed E-state index contributed by atoms with van der Waals surface area (Å²) < 4.78 is 5.02. The topological polar surface area (TPSA) is 55.6 Å². The Labute approximate surface area is 99.1 Å². The molecule has 96 valence electrons. The van der Waals surface area contributed by atoms with Gasteiger partial charge in [-0.25, -0.2) is 0 Å². The average Bonchev–Trinajstić information content (AvgIpc) is 2.18. The number of nitrogens with two attached hydrogens (primary N) is 1. The van der Waals surface area contributed by atoms with Crippen molar-refractivity contribution in [3.05, 3.63) is 0 Å². The van der Waals surface area contributed by atoms with Crippen LogP contribution in [0.5, 0.6) is 0 Å². The summed E-state index contributed by atoms with van der Waals surface area (Å²) in [6, 6.07) is 0.190. The van der Waals surface area contributed by atoms with E-state index < -0.39 is 0 Å². The van der Waals surface area contributed by atoms with Crippen molar-refractivity contribution < 1.29 is 9.53 Å². The maximum atomic E-state index is 12.3. The molecule has 0 aromatic heterocycles. The number of carbonyl (C=O) groups excluding carboxylic acids is 1. The molecule has 1 unspecified atom stereocenters. The standard InChI is InChI=1S/C12H26N2O2/c1-9(2)11(8-13)12(15)14(10(3)4)6-7-16-5/h9-11H,6-8,13H2,1-5H3. The van der Waals surface area contributed by atoms with E-state index in [0.29, 0.717) is 19.7 Å². The zero-order valence-electron chi connectivity index (χ0n) is 11.2. The first-order valence-corrected chi connectivity index (χ1v) is 5.95. The van der Waals surface area contributed by atoms with Crippen LogP contribution in [-0.2, 0) is 9.53 Å². The second-order valence-electron chi connectivity index (χ2n) is 4.70. The van der Waals surface area contributed by atoms with Crippen LogP contribution in [0.2, 0.25) is 0 Å². The zero-order valence-corrected chi connectivity index (χ0v) is 11.2. The van der Waals surface area contributed by atoms with E-state index in [-0.39, 0.29) is 23.8 Å². The largest absolute Gasteiger partial charge is 0.383 e. The Bertz CT molecular complexity index is 205. The lowest BCUT2D eigenvalue weighted by atomic mass is 9.94. The fourth-order valence-electron chi connectivity index (χ4n) is 1.68. The summed E-state index contributed by atoms with van der Waals surface area (Å²) in [6.45, 7) is 9.71. The number of hydrogen-bond donors (Lipinski definition) is 1. The van der Waals surface area contributed by atoms with Crippen molar-refractivity contribution in [3.8, 4) is 0 Å². The average molecular weight is 230 g/mol. The van der Waals surface area contributed by atoms with Crippen LogP contribution in [0.25, 0.3) is 0 Å². The highest BCUT2D eigenvalue weighted by molar-refractivity contribution is 5.79. The van der Waals surface area contributed by atoms with Gasteiger partial charge in [0, 0.05) is 26.2 Å². The second kappa shape index (κ2) is 7.63. The Kier molecular flexibility index (Phi) is 7.34. The van der Waals surface area contributed by atoms with Gasteiger partial charge >= 0.3 is 0 Å². The fourth-order valence-corrected chi connectivity index (χ4v) is 1.68. The van der Waals surface area contributed by atoms with Crippen LogP contribution in [0.4, 0.5) is 0 Å². The van der Waals surface area contributed by atoms with Gasteiger partial charge in [-0.1, -0.05) is 13.8 Å². The van der Waals surface area contributed by atoms with Gasteiger partial charge in [0.1, 0.15) is 0 Å².